The smallest absolute Gasteiger partial charge is 0.335 e. The van der Waals surface area contributed by atoms with E-state index in [0.29, 0.717) is 11.3 Å². The summed E-state index contributed by atoms with van der Waals surface area (Å²) in [6.45, 7) is 5.58. The van der Waals surface area contributed by atoms with Crippen LogP contribution in [-0.4, -0.2) is 34.3 Å². The van der Waals surface area contributed by atoms with Crippen LogP contribution in [0.5, 0.6) is 17.2 Å². The Morgan fingerprint density at radius 3 is 2.25 bits per heavy atom. The number of urea groups is 1. The third-order valence-electron chi connectivity index (χ3n) is 6.00. The van der Waals surface area contributed by atoms with Crippen molar-refractivity contribution in [2.24, 2.45) is 0 Å². The molecule has 4 amide bonds. The van der Waals surface area contributed by atoms with Gasteiger partial charge in [0.25, 0.3) is 17.5 Å². The fraction of sp³-hybridized carbons (Fsp3) is 0.148. The normalized spacial score (nSPS) is 14.2. The van der Waals surface area contributed by atoms with E-state index in [1.807, 2.05) is 13.8 Å². The molecule has 13 heteroatoms. The minimum Gasteiger partial charge on any atom is -0.490 e. The number of carbonyl (C=O) groups is 3. The number of aryl methyl sites for hydroxylation is 2. The highest BCUT2D eigenvalue weighted by Crippen LogP contribution is 2.39. The van der Waals surface area contributed by atoms with E-state index in [9.17, 15) is 34.6 Å². The number of nitro benzene ring substituents is 2. The molecule has 1 fully saturated rings. The summed E-state index contributed by atoms with van der Waals surface area (Å²) < 4.78 is 11.3. The Bertz CT molecular complexity index is 1610. The first-order chi connectivity index (χ1) is 19.0. The van der Waals surface area contributed by atoms with Crippen molar-refractivity contribution in [3.8, 4) is 17.2 Å². The SMILES string of the molecule is CCOc1cc(/C=C2\C(=O)NC(=O)N(c3ccc(C)c(C)c3)C2=O)ccc1Oc1ccc([N+](=O)[O-])cc1[N+](=O)[O-]. The molecule has 0 atom stereocenters. The van der Waals surface area contributed by atoms with Crippen molar-refractivity contribution in [1.29, 1.82) is 0 Å². The lowest BCUT2D eigenvalue weighted by Crippen LogP contribution is -2.54. The van der Waals surface area contributed by atoms with E-state index in [1.165, 1.54) is 24.3 Å². The Morgan fingerprint density at radius 2 is 1.60 bits per heavy atom. The topological polar surface area (TPSA) is 171 Å². The van der Waals surface area contributed by atoms with Crippen LogP contribution in [0.1, 0.15) is 23.6 Å². The van der Waals surface area contributed by atoms with Crippen LogP contribution >= 0.6 is 0 Å². The highest BCUT2D eigenvalue weighted by atomic mass is 16.6. The molecule has 0 unspecified atom stereocenters. The molecule has 0 spiro atoms. The molecule has 1 heterocycles. The maximum absolute atomic E-state index is 13.3. The molecule has 1 saturated heterocycles. The average molecular weight is 546 g/mol. The number of hydrogen-bond donors (Lipinski definition) is 1. The second-order valence-electron chi connectivity index (χ2n) is 8.63. The van der Waals surface area contributed by atoms with Crippen molar-refractivity contribution in [1.82, 2.24) is 5.32 Å². The summed E-state index contributed by atoms with van der Waals surface area (Å²) in [6.07, 6.45) is 1.28. The first-order valence-electron chi connectivity index (χ1n) is 11.9. The van der Waals surface area contributed by atoms with E-state index in [-0.39, 0.29) is 29.4 Å². The van der Waals surface area contributed by atoms with Crippen LogP contribution in [0.2, 0.25) is 0 Å². The Morgan fingerprint density at radius 1 is 0.875 bits per heavy atom. The van der Waals surface area contributed by atoms with Gasteiger partial charge < -0.3 is 9.47 Å². The van der Waals surface area contributed by atoms with Gasteiger partial charge in [0.05, 0.1) is 28.2 Å². The summed E-state index contributed by atoms with van der Waals surface area (Å²) in [5.41, 5.74) is 1.04. The molecule has 1 aliphatic rings. The predicted octanol–water partition coefficient (Wildman–Crippen LogP) is 4.98. The molecule has 0 aromatic heterocycles. The molecule has 40 heavy (non-hydrogen) atoms. The summed E-state index contributed by atoms with van der Waals surface area (Å²) in [4.78, 5) is 60.2. The zero-order valence-electron chi connectivity index (χ0n) is 21.5. The minimum atomic E-state index is -0.880. The van der Waals surface area contributed by atoms with E-state index < -0.39 is 39.1 Å². The molecule has 3 aromatic rings. The van der Waals surface area contributed by atoms with Crippen LogP contribution in [0.4, 0.5) is 21.9 Å². The van der Waals surface area contributed by atoms with E-state index in [1.54, 1.807) is 25.1 Å². The number of nitrogens with one attached hydrogen (secondary N) is 1. The molecule has 0 bridgehead atoms. The van der Waals surface area contributed by atoms with Gasteiger partial charge in [0.1, 0.15) is 5.57 Å². The number of nitro groups is 2. The first-order valence-corrected chi connectivity index (χ1v) is 11.9. The molecule has 0 saturated carbocycles. The van der Waals surface area contributed by atoms with Crippen LogP contribution in [0.25, 0.3) is 6.08 Å². The first kappa shape index (κ1) is 27.4. The number of nitrogens with zero attached hydrogens (tertiary/aromatic N) is 3. The Balaban J connectivity index is 1.70. The van der Waals surface area contributed by atoms with Gasteiger partial charge in [-0.15, -0.1) is 0 Å². The van der Waals surface area contributed by atoms with Crippen LogP contribution in [0, 0.1) is 34.1 Å². The van der Waals surface area contributed by atoms with Gasteiger partial charge in [-0.05, 0) is 73.9 Å². The number of amides is 4. The van der Waals surface area contributed by atoms with Crippen molar-refractivity contribution in [3.63, 3.8) is 0 Å². The van der Waals surface area contributed by atoms with Gasteiger partial charge >= 0.3 is 11.7 Å². The fourth-order valence-electron chi connectivity index (χ4n) is 3.86. The molecule has 0 aliphatic carbocycles. The molecule has 4 rings (SSSR count). The number of hydrogen-bond acceptors (Lipinski definition) is 9. The van der Waals surface area contributed by atoms with Gasteiger partial charge in [-0.3, -0.25) is 35.1 Å². The Labute approximate surface area is 226 Å². The molecular weight excluding hydrogens is 524 g/mol. The zero-order valence-corrected chi connectivity index (χ0v) is 21.5. The fourth-order valence-corrected chi connectivity index (χ4v) is 3.86. The van der Waals surface area contributed by atoms with Crippen LogP contribution in [0.3, 0.4) is 0 Å². The summed E-state index contributed by atoms with van der Waals surface area (Å²) in [5.74, 6) is -1.79. The maximum Gasteiger partial charge on any atom is 0.335 e. The third kappa shape index (κ3) is 5.48. The average Bonchev–Trinajstić information content (AvgIpc) is 2.90. The molecule has 13 nitrogen and oxygen atoms in total. The second-order valence-corrected chi connectivity index (χ2v) is 8.63. The molecule has 204 valence electrons. The predicted molar refractivity (Wildman–Crippen MR) is 142 cm³/mol. The van der Waals surface area contributed by atoms with E-state index in [0.717, 1.165) is 34.2 Å². The molecule has 1 aliphatic heterocycles. The standard InChI is InChI=1S/C27H22N4O9/c1-4-39-24-13-17(6-9-23(24)40-22-10-8-19(30(35)36)14-21(22)31(37)38)12-20-25(32)28-27(34)29(26(20)33)18-7-5-15(2)16(3)11-18/h5-14H,4H2,1-3H3,(H,28,32,34)/b20-12+. The number of benzene rings is 3. The monoisotopic (exact) mass is 546 g/mol. The van der Waals surface area contributed by atoms with Crippen LogP contribution in [0.15, 0.2) is 60.2 Å². The van der Waals surface area contributed by atoms with Gasteiger partial charge in [0.2, 0.25) is 5.75 Å². The van der Waals surface area contributed by atoms with Crippen molar-refractivity contribution in [2.75, 3.05) is 11.5 Å². The highest BCUT2D eigenvalue weighted by Gasteiger charge is 2.37. The summed E-state index contributed by atoms with van der Waals surface area (Å²) in [7, 11) is 0. The summed E-state index contributed by atoms with van der Waals surface area (Å²) in [5, 5.41) is 24.7. The minimum absolute atomic E-state index is 0.0484. The largest absolute Gasteiger partial charge is 0.490 e. The second kappa shape index (κ2) is 11.0. The van der Waals surface area contributed by atoms with Gasteiger partial charge in [-0.2, -0.15) is 0 Å². The van der Waals surface area contributed by atoms with Crippen molar-refractivity contribution < 1.29 is 33.7 Å². The van der Waals surface area contributed by atoms with E-state index in [2.05, 4.69) is 5.32 Å². The van der Waals surface area contributed by atoms with Crippen LogP contribution in [-0.2, 0) is 9.59 Å². The number of ether oxygens (including phenoxy) is 2. The third-order valence-corrected chi connectivity index (χ3v) is 6.00. The number of anilines is 1. The quantitative estimate of drug-likeness (QED) is 0.177. The number of rotatable bonds is 8. The van der Waals surface area contributed by atoms with Crippen molar-refractivity contribution >= 4 is 41.0 Å². The number of imide groups is 2. The van der Waals surface area contributed by atoms with Gasteiger partial charge in [0, 0.05) is 6.07 Å². The molecular formula is C27H22N4O9. The Kier molecular flexibility index (Phi) is 7.57. The zero-order chi connectivity index (χ0) is 29.1. The van der Waals surface area contributed by atoms with E-state index in [4.69, 9.17) is 9.47 Å². The summed E-state index contributed by atoms with van der Waals surface area (Å²) >= 11 is 0. The van der Waals surface area contributed by atoms with Crippen LogP contribution < -0.4 is 19.7 Å². The lowest BCUT2D eigenvalue weighted by molar-refractivity contribution is -0.394. The summed E-state index contributed by atoms with van der Waals surface area (Å²) in [6, 6.07) is 11.4. The number of carbonyl (C=O) groups excluding carboxylic acids is 3. The molecule has 0 radical (unpaired) electrons. The lowest BCUT2D eigenvalue weighted by atomic mass is 10.0. The lowest BCUT2D eigenvalue weighted by Gasteiger charge is -2.27. The van der Waals surface area contributed by atoms with Crippen molar-refractivity contribution in [2.45, 2.75) is 20.8 Å². The van der Waals surface area contributed by atoms with Gasteiger partial charge in [-0.1, -0.05) is 12.1 Å². The van der Waals surface area contributed by atoms with Gasteiger partial charge in [-0.25, -0.2) is 9.69 Å². The molecule has 3 aromatic carbocycles. The highest BCUT2D eigenvalue weighted by molar-refractivity contribution is 6.39. The van der Waals surface area contributed by atoms with Crippen molar-refractivity contribution in [3.05, 3.63) is 97.1 Å². The van der Waals surface area contributed by atoms with Gasteiger partial charge in [0.15, 0.2) is 11.5 Å². The molecule has 1 N–H and O–H groups in total. The number of non-ortho nitro benzene ring substituents is 1. The van der Waals surface area contributed by atoms with E-state index >= 15 is 0 Å². The number of barbiturate groups is 1. The maximum atomic E-state index is 13.3. The Hall–Kier alpha value is -5.59.